The first-order valence-corrected chi connectivity index (χ1v) is 13.2. The van der Waals surface area contributed by atoms with E-state index in [1.54, 1.807) is 19.2 Å². The summed E-state index contributed by atoms with van der Waals surface area (Å²) >= 11 is 7.74. The van der Waals surface area contributed by atoms with E-state index in [-0.39, 0.29) is 9.92 Å². The molecule has 0 amide bonds. The third-order valence-corrected chi connectivity index (χ3v) is 7.92. The van der Waals surface area contributed by atoms with Gasteiger partial charge in [-0.15, -0.1) is 11.3 Å². The SMILES string of the molecule is CCCCCCNS(=O)(=O)c1cc(-c2csc(=Nc3ccc(OC)cc3)n2C)ccc1Cl. The summed E-state index contributed by atoms with van der Waals surface area (Å²) in [6.45, 7) is 2.52. The topological polar surface area (TPSA) is 72.7 Å². The quantitative estimate of drug-likeness (QED) is 0.378. The molecule has 2 aromatic carbocycles. The second-order valence-electron chi connectivity index (χ2n) is 7.38. The summed E-state index contributed by atoms with van der Waals surface area (Å²) in [6.07, 6.45) is 4.00. The molecule has 0 saturated carbocycles. The van der Waals surface area contributed by atoms with Crippen molar-refractivity contribution >= 4 is 38.6 Å². The van der Waals surface area contributed by atoms with E-state index in [2.05, 4.69) is 16.6 Å². The van der Waals surface area contributed by atoms with Crippen molar-refractivity contribution < 1.29 is 13.2 Å². The molecule has 0 atom stereocenters. The number of benzene rings is 2. The minimum atomic E-state index is -3.69. The molecule has 0 saturated heterocycles. The predicted octanol–water partition coefficient (Wildman–Crippen LogP) is 5.51. The number of ether oxygens (including phenoxy) is 1. The lowest BCUT2D eigenvalue weighted by Crippen LogP contribution is -2.25. The highest BCUT2D eigenvalue weighted by molar-refractivity contribution is 7.89. The summed E-state index contributed by atoms with van der Waals surface area (Å²) < 4.78 is 35.4. The maximum atomic E-state index is 12.8. The first kappa shape index (κ1) is 24.5. The minimum absolute atomic E-state index is 0.0898. The number of hydrogen-bond acceptors (Lipinski definition) is 5. The zero-order valence-electron chi connectivity index (χ0n) is 18.5. The lowest BCUT2D eigenvalue weighted by molar-refractivity contribution is 0.415. The van der Waals surface area contributed by atoms with Crippen molar-refractivity contribution in [1.82, 2.24) is 9.29 Å². The second kappa shape index (κ2) is 11.1. The van der Waals surface area contributed by atoms with Gasteiger partial charge in [0.2, 0.25) is 10.0 Å². The Kier molecular flexibility index (Phi) is 8.53. The summed E-state index contributed by atoms with van der Waals surface area (Å²) in [5.41, 5.74) is 2.43. The molecule has 0 fully saturated rings. The molecular weight excluding hydrogens is 466 g/mol. The van der Waals surface area contributed by atoms with Gasteiger partial charge in [-0.2, -0.15) is 0 Å². The standard InChI is InChI=1S/C23H28ClN3O3S2/c1-4-5-6-7-14-25-32(28,29)22-15-17(8-13-20(22)24)21-16-31-23(27(21)2)26-18-9-11-19(30-3)12-10-18/h8-13,15-16,25H,4-7,14H2,1-3H3. The van der Waals surface area contributed by atoms with E-state index in [9.17, 15) is 8.42 Å². The Hall–Kier alpha value is -2.13. The molecular formula is C23H28ClN3O3S2. The smallest absolute Gasteiger partial charge is 0.242 e. The van der Waals surface area contributed by atoms with Crippen LogP contribution in [-0.4, -0.2) is 26.6 Å². The Balaban J connectivity index is 1.87. The Morgan fingerprint density at radius 1 is 1.12 bits per heavy atom. The molecule has 9 heteroatoms. The molecule has 0 radical (unpaired) electrons. The molecule has 1 aromatic heterocycles. The molecule has 0 aliphatic carbocycles. The molecule has 3 aromatic rings. The number of rotatable bonds is 10. The Morgan fingerprint density at radius 2 is 1.88 bits per heavy atom. The van der Waals surface area contributed by atoms with Gasteiger partial charge in [0.05, 0.1) is 23.5 Å². The van der Waals surface area contributed by atoms with Gasteiger partial charge in [0.1, 0.15) is 10.6 Å². The number of nitrogens with one attached hydrogen (secondary N) is 1. The van der Waals surface area contributed by atoms with E-state index in [4.69, 9.17) is 16.3 Å². The highest BCUT2D eigenvalue weighted by atomic mass is 35.5. The van der Waals surface area contributed by atoms with Crippen LogP contribution in [0.1, 0.15) is 32.6 Å². The Bertz CT molecular complexity index is 1220. The largest absolute Gasteiger partial charge is 0.497 e. The lowest BCUT2D eigenvalue weighted by atomic mass is 10.2. The van der Waals surface area contributed by atoms with Gasteiger partial charge in [-0.05, 0) is 42.8 Å². The number of hydrogen-bond donors (Lipinski definition) is 1. The zero-order chi connectivity index (χ0) is 23.1. The summed E-state index contributed by atoms with van der Waals surface area (Å²) in [7, 11) is -0.162. The maximum Gasteiger partial charge on any atom is 0.242 e. The number of unbranched alkanes of at least 4 members (excludes halogenated alkanes) is 3. The number of halogens is 1. The number of methoxy groups -OCH3 is 1. The highest BCUT2D eigenvalue weighted by Crippen LogP contribution is 2.28. The van der Waals surface area contributed by atoms with Crippen molar-refractivity contribution in [3.05, 3.63) is 57.7 Å². The van der Waals surface area contributed by atoms with Gasteiger partial charge >= 0.3 is 0 Å². The molecule has 0 bridgehead atoms. The molecule has 3 rings (SSSR count). The molecule has 0 unspecified atom stereocenters. The van der Waals surface area contributed by atoms with Gasteiger partial charge in [-0.25, -0.2) is 18.1 Å². The lowest BCUT2D eigenvalue weighted by Gasteiger charge is -2.11. The third-order valence-electron chi connectivity index (χ3n) is 5.06. The molecule has 0 aliphatic heterocycles. The van der Waals surface area contributed by atoms with Crippen molar-refractivity contribution in [2.75, 3.05) is 13.7 Å². The fourth-order valence-corrected chi connectivity index (χ4v) is 5.73. The van der Waals surface area contributed by atoms with E-state index in [0.29, 0.717) is 6.54 Å². The Labute approximate surface area is 198 Å². The first-order chi connectivity index (χ1) is 15.4. The van der Waals surface area contributed by atoms with Gasteiger partial charge < -0.3 is 9.30 Å². The zero-order valence-corrected chi connectivity index (χ0v) is 20.9. The van der Waals surface area contributed by atoms with Gasteiger partial charge in [0, 0.05) is 24.5 Å². The van der Waals surface area contributed by atoms with Crippen LogP contribution in [0.25, 0.3) is 11.3 Å². The van der Waals surface area contributed by atoms with Crippen molar-refractivity contribution in [2.24, 2.45) is 12.0 Å². The highest BCUT2D eigenvalue weighted by Gasteiger charge is 2.19. The molecule has 0 spiro atoms. The number of sulfonamides is 1. The van der Waals surface area contributed by atoms with Crippen LogP contribution in [0, 0.1) is 0 Å². The van der Waals surface area contributed by atoms with E-state index < -0.39 is 10.0 Å². The van der Waals surface area contributed by atoms with Gasteiger partial charge in [0.15, 0.2) is 4.80 Å². The van der Waals surface area contributed by atoms with Crippen LogP contribution in [0.15, 0.2) is 57.7 Å². The van der Waals surface area contributed by atoms with E-state index in [1.165, 1.54) is 11.3 Å². The van der Waals surface area contributed by atoms with Crippen LogP contribution in [-0.2, 0) is 17.1 Å². The molecule has 32 heavy (non-hydrogen) atoms. The summed E-state index contributed by atoms with van der Waals surface area (Å²) in [5, 5.41) is 2.16. The average molecular weight is 494 g/mol. The van der Waals surface area contributed by atoms with E-state index in [1.807, 2.05) is 47.3 Å². The maximum absolute atomic E-state index is 12.8. The predicted molar refractivity (Wildman–Crippen MR) is 131 cm³/mol. The molecule has 1 heterocycles. The molecule has 172 valence electrons. The third kappa shape index (κ3) is 6.01. The second-order valence-corrected chi connectivity index (χ2v) is 10.4. The number of nitrogens with zero attached hydrogens (tertiary/aromatic N) is 2. The van der Waals surface area contributed by atoms with E-state index >= 15 is 0 Å². The van der Waals surface area contributed by atoms with Crippen LogP contribution in [0.5, 0.6) is 5.75 Å². The molecule has 0 aliphatic rings. The van der Waals surface area contributed by atoms with Crippen LogP contribution in [0.2, 0.25) is 5.02 Å². The molecule has 6 nitrogen and oxygen atoms in total. The Morgan fingerprint density at radius 3 is 2.56 bits per heavy atom. The van der Waals surface area contributed by atoms with Crippen LogP contribution in [0.3, 0.4) is 0 Å². The van der Waals surface area contributed by atoms with Crippen LogP contribution >= 0.6 is 22.9 Å². The van der Waals surface area contributed by atoms with Gasteiger partial charge in [-0.3, -0.25) is 0 Å². The monoisotopic (exact) mass is 493 g/mol. The van der Waals surface area contributed by atoms with Crippen molar-refractivity contribution in [2.45, 2.75) is 37.5 Å². The fourth-order valence-electron chi connectivity index (χ4n) is 3.20. The number of aromatic nitrogens is 1. The summed E-state index contributed by atoms with van der Waals surface area (Å²) in [4.78, 5) is 5.57. The van der Waals surface area contributed by atoms with Crippen molar-refractivity contribution in [3.8, 4) is 17.0 Å². The number of thiazole rings is 1. The first-order valence-electron chi connectivity index (χ1n) is 10.5. The average Bonchev–Trinajstić information content (AvgIpc) is 3.14. The summed E-state index contributed by atoms with van der Waals surface area (Å²) in [5.74, 6) is 0.772. The summed E-state index contributed by atoms with van der Waals surface area (Å²) in [6, 6.07) is 12.6. The fraction of sp³-hybridized carbons (Fsp3) is 0.348. The van der Waals surface area contributed by atoms with Gasteiger partial charge in [0.25, 0.3) is 0 Å². The van der Waals surface area contributed by atoms with Crippen LogP contribution in [0.4, 0.5) is 5.69 Å². The minimum Gasteiger partial charge on any atom is -0.497 e. The van der Waals surface area contributed by atoms with Gasteiger partial charge in [-0.1, -0.05) is 43.9 Å². The molecule has 1 N–H and O–H groups in total. The van der Waals surface area contributed by atoms with Crippen LogP contribution < -0.4 is 14.3 Å². The van der Waals surface area contributed by atoms with Crippen molar-refractivity contribution in [3.63, 3.8) is 0 Å². The van der Waals surface area contributed by atoms with E-state index in [0.717, 1.165) is 53.2 Å². The normalized spacial score (nSPS) is 12.3. The van der Waals surface area contributed by atoms with Crippen molar-refractivity contribution in [1.29, 1.82) is 0 Å².